The monoisotopic (exact) mass is 261 g/mol. The summed E-state index contributed by atoms with van der Waals surface area (Å²) in [6.07, 6.45) is 1.95. The molecule has 0 saturated carbocycles. The molecule has 2 aliphatic heterocycles. The van der Waals surface area contributed by atoms with Crippen LogP contribution in [0.5, 0.6) is 0 Å². The van der Waals surface area contributed by atoms with E-state index in [2.05, 4.69) is 10.2 Å². The molecule has 2 aliphatic rings. The second kappa shape index (κ2) is 6.33. The normalized spacial score (nSPS) is 25.5. The quantitative estimate of drug-likeness (QED) is 0.716. The highest BCUT2D eigenvalue weighted by atomic mass is 35.5. The van der Waals surface area contributed by atoms with E-state index in [1.54, 1.807) is 0 Å². The smallest absolute Gasteiger partial charge is 0.229 e. The van der Waals surface area contributed by atoms with Gasteiger partial charge in [-0.15, -0.1) is 12.4 Å². The number of amides is 2. The lowest BCUT2D eigenvalue weighted by Gasteiger charge is -2.20. The first-order valence-corrected chi connectivity index (χ1v) is 5.93. The average molecular weight is 262 g/mol. The SMILES string of the molecule is CNC1CCN(CCN2C(=O)CCC2=O)C1.Cl. The van der Waals surface area contributed by atoms with Crippen LogP contribution in [0.15, 0.2) is 0 Å². The van der Waals surface area contributed by atoms with Crippen LogP contribution in [0.4, 0.5) is 0 Å². The zero-order chi connectivity index (χ0) is 11.5. The molecule has 2 fully saturated rings. The first-order valence-electron chi connectivity index (χ1n) is 5.93. The fraction of sp³-hybridized carbons (Fsp3) is 0.818. The topological polar surface area (TPSA) is 52.6 Å². The van der Waals surface area contributed by atoms with Crippen molar-refractivity contribution in [2.75, 3.05) is 33.2 Å². The van der Waals surface area contributed by atoms with Crippen molar-refractivity contribution in [1.82, 2.24) is 15.1 Å². The molecule has 0 spiro atoms. The lowest BCUT2D eigenvalue weighted by molar-refractivity contribution is -0.138. The average Bonchev–Trinajstić information content (AvgIpc) is 2.85. The molecule has 2 heterocycles. The molecule has 1 unspecified atom stereocenters. The van der Waals surface area contributed by atoms with Gasteiger partial charge in [-0.1, -0.05) is 0 Å². The number of hydrogen-bond donors (Lipinski definition) is 1. The molecule has 1 N–H and O–H groups in total. The molecule has 1 atom stereocenters. The van der Waals surface area contributed by atoms with Crippen LogP contribution in [0.3, 0.4) is 0 Å². The van der Waals surface area contributed by atoms with Gasteiger partial charge < -0.3 is 5.32 Å². The van der Waals surface area contributed by atoms with Gasteiger partial charge in [0.2, 0.25) is 11.8 Å². The fourth-order valence-electron chi connectivity index (χ4n) is 2.39. The summed E-state index contributed by atoms with van der Waals surface area (Å²) in [7, 11) is 1.97. The van der Waals surface area contributed by atoms with Crippen LogP contribution in [0.1, 0.15) is 19.3 Å². The maximum Gasteiger partial charge on any atom is 0.229 e. The van der Waals surface area contributed by atoms with Crippen molar-refractivity contribution in [3.8, 4) is 0 Å². The van der Waals surface area contributed by atoms with Gasteiger partial charge in [0, 0.05) is 38.5 Å². The fourth-order valence-corrected chi connectivity index (χ4v) is 2.39. The summed E-state index contributed by atoms with van der Waals surface area (Å²) in [5.74, 6) is -0.0104. The summed E-state index contributed by atoms with van der Waals surface area (Å²) < 4.78 is 0. The van der Waals surface area contributed by atoms with Gasteiger partial charge in [0.25, 0.3) is 0 Å². The van der Waals surface area contributed by atoms with Crippen molar-refractivity contribution in [2.45, 2.75) is 25.3 Å². The number of carbonyl (C=O) groups is 2. The highest BCUT2D eigenvalue weighted by Crippen LogP contribution is 2.13. The molecule has 0 aromatic heterocycles. The second-order valence-corrected chi connectivity index (χ2v) is 4.51. The van der Waals surface area contributed by atoms with E-state index in [4.69, 9.17) is 0 Å². The Labute approximate surface area is 108 Å². The van der Waals surface area contributed by atoms with E-state index >= 15 is 0 Å². The van der Waals surface area contributed by atoms with Crippen molar-refractivity contribution >= 4 is 24.2 Å². The van der Waals surface area contributed by atoms with Gasteiger partial charge in [0.15, 0.2) is 0 Å². The summed E-state index contributed by atoms with van der Waals surface area (Å²) in [4.78, 5) is 26.5. The minimum Gasteiger partial charge on any atom is -0.316 e. The molecule has 2 rings (SSSR count). The Hall–Kier alpha value is -0.650. The van der Waals surface area contributed by atoms with E-state index in [-0.39, 0.29) is 24.2 Å². The van der Waals surface area contributed by atoms with Crippen LogP contribution in [0, 0.1) is 0 Å². The van der Waals surface area contributed by atoms with Crippen LogP contribution in [-0.2, 0) is 9.59 Å². The number of imide groups is 1. The van der Waals surface area contributed by atoms with Crippen molar-refractivity contribution in [1.29, 1.82) is 0 Å². The van der Waals surface area contributed by atoms with E-state index < -0.39 is 0 Å². The molecule has 0 bridgehead atoms. The molecule has 0 aliphatic carbocycles. The number of nitrogens with one attached hydrogen (secondary N) is 1. The van der Waals surface area contributed by atoms with Gasteiger partial charge in [0.05, 0.1) is 0 Å². The first kappa shape index (κ1) is 14.4. The molecular weight excluding hydrogens is 242 g/mol. The highest BCUT2D eigenvalue weighted by molar-refractivity contribution is 6.01. The molecule has 17 heavy (non-hydrogen) atoms. The van der Waals surface area contributed by atoms with E-state index in [9.17, 15) is 9.59 Å². The molecule has 98 valence electrons. The number of carbonyl (C=O) groups excluding carboxylic acids is 2. The molecule has 2 saturated heterocycles. The van der Waals surface area contributed by atoms with Gasteiger partial charge in [-0.3, -0.25) is 19.4 Å². The minimum atomic E-state index is -0.00522. The Kier molecular flexibility index (Phi) is 5.36. The third kappa shape index (κ3) is 3.40. The Morgan fingerprint density at radius 2 is 1.88 bits per heavy atom. The lowest BCUT2D eigenvalue weighted by atomic mass is 10.3. The molecule has 0 aromatic carbocycles. The number of rotatable bonds is 4. The summed E-state index contributed by atoms with van der Waals surface area (Å²) >= 11 is 0. The Balaban J connectivity index is 0.00000144. The molecule has 0 aromatic rings. The second-order valence-electron chi connectivity index (χ2n) is 4.51. The standard InChI is InChI=1S/C11H19N3O2.ClH/c1-12-9-4-5-13(8-9)6-7-14-10(15)2-3-11(14)16;/h9,12H,2-8H2,1H3;1H. The van der Waals surface area contributed by atoms with E-state index in [0.717, 1.165) is 26.1 Å². The largest absolute Gasteiger partial charge is 0.316 e. The zero-order valence-corrected chi connectivity index (χ0v) is 11.0. The van der Waals surface area contributed by atoms with Crippen molar-refractivity contribution in [3.05, 3.63) is 0 Å². The summed E-state index contributed by atoms with van der Waals surface area (Å²) in [6.45, 7) is 3.46. The number of hydrogen-bond acceptors (Lipinski definition) is 4. The maximum absolute atomic E-state index is 11.4. The van der Waals surface area contributed by atoms with Gasteiger partial charge in [0.1, 0.15) is 0 Å². The third-order valence-corrected chi connectivity index (χ3v) is 3.48. The van der Waals surface area contributed by atoms with E-state index in [1.807, 2.05) is 7.05 Å². The van der Waals surface area contributed by atoms with Gasteiger partial charge >= 0.3 is 0 Å². The summed E-state index contributed by atoms with van der Waals surface area (Å²) in [6, 6.07) is 0.560. The summed E-state index contributed by atoms with van der Waals surface area (Å²) in [5, 5.41) is 3.25. The van der Waals surface area contributed by atoms with Crippen LogP contribution in [0.25, 0.3) is 0 Å². The molecule has 0 radical (unpaired) electrons. The number of likely N-dealkylation sites (N-methyl/N-ethyl adjacent to an activating group) is 1. The summed E-state index contributed by atoms with van der Waals surface area (Å²) in [5.41, 5.74) is 0. The number of nitrogens with zero attached hydrogens (tertiary/aromatic N) is 2. The minimum absolute atomic E-state index is 0. The number of likely N-dealkylation sites (tertiary alicyclic amines) is 2. The zero-order valence-electron chi connectivity index (χ0n) is 10.1. The Bertz CT molecular complexity index is 282. The van der Waals surface area contributed by atoms with Crippen LogP contribution in [-0.4, -0.2) is 60.9 Å². The Morgan fingerprint density at radius 3 is 2.41 bits per heavy atom. The van der Waals surface area contributed by atoms with Crippen molar-refractivity contribution in [2.24, 2.45) is 0 Å². The Morgan fingerprint density at radius 1 is 1.24 bits per heavy atom. The molecular formula is C11H20ClN3O2. The molecule has 6 heteroatoms. The lowest BCUT2D eigenvalue weighted by Crippen LogP contribution is -2.38. The molecule has 2 amide bonds. The van der Waals surface area contributed by atoms with E-state index in [1.165, 1.54) is 4.90 Å². The maximum atomic E-state index is 11.4. The van der Waals surface area contributed by atoms with Gasteiger partial charge in [-0.2, -0.15) is 0 Å². The van der Waals surface area contributed by atoms with Crippen LogP contribution < -0.4 is 5.32 Å². The number of halogens is 1. The third-order valence-electron chi connectivity index (χ3n) is 3.48. The van der Waals surface area contributed by atoms with Gasteiger partial charge in [-0.05, 0) is 20.0 Å². The predicted octanol–water partition coefficient (Wildman–Crippen LogP) is -0.149. The van der Waals surface area contributed by atoms with Crippen LogP contribution >= 0.6 is 12.4 Å². The van der Waals surface area contributed by atoms with Crippen LogP contribution in [0.2, 0.25) is 0 Å². The van der Waals surface area contributed by atoms with Gasteiger partial charge in [-0.25, -0.2) is 0 Å². The predicted molar refractivity (Wildman–Crippen MR) is 67.1 cm³/mol. The van der Waals surface area contributed by atoms with Crippen molar-refractivity contribution < 1.29 is 9.59 Å². The van der Waals surface area contributed by atoms with Crippen molar-refractivity contribution in [3.63, 3.8) is 0 Å². The molecule has 5 nitrogen and oxygen atoms in total. The first-order chi connectivity index (χ1) is 7.70. The highest BCUT2D eigenvalue weighted by Gasteiger charge is 2.29. The van der Waals surface area contributed by atoms with E-state index in [0.29, 0.717) is 25.4 Å².